The van der Waals surface area contributed by atoms with Gasteiger partial charge in [0.2, 0.25) is 5.91 Å². The van der Waals surface area contributed by atoms with Gasteiger partial charge < -0.3 is 15.2 Å². The number of carbonyl (C=O) groups excluding carboxylic acids is 2. The zero-order chi connectivity index (χ0) is 16.3. The highest BCUT2D eigenvalue weighted by atomic mass is 16.5. The van der Waals surface area contributed by atoms with Gasteiger partial charge in [0.05, 0.1) is 12.2 Å². The second-order valence-corrected chi connectivity index (χ2v) is 5.20. The van der Waals surface area contributed by atoms with Crippen LogP contribution < -0.4 is 10.6 Å². The normalized spacial score (nSPS) is 10.4. The van der Waals surface area contributed by atoms with Gasteiger partial charge in [-0.05, 0) is 38.8 Å². The summed E-state index contributed by atoms with van der Waals surface area (Å²) in [7, 11) is 0. The molecule has 116 valence electrons. The number of aryl methyl sites for hydroxylation is 4. The number of anilines is 1. The van der Waals surface area contributed by atoms with Gasteiger partial charge >= 0.3 is 0 Å². The Hall–Kier alpha value is -2.63. The van der Waals surface area contributed by atoms with E-state index in [2.05, 4.69) is 15.8 Å². The van der Waals surface area contributed by atoms with Gasteiger partial charge in [0.1, 0.15) is 11.3 Å². The number of para-hydroxylation sites is 1. The number of aromatic nitrogens is 1. The molecule has 1 aromatic carbocycles. The number of nitrogens with zero attached hydrogens (tertiary/aromatic N) is 1. The molecule has 1 aromatic heterocycles. The van der Waals surface area contributed by atoms with E-state index in [0.29, 0.717) is 17.0 Å². The standard InChI is InChI=1S/C16H19N3O3/c1-9-6-5-7-10(2)15(9)18-13(20)8-17-16(21)14-11(3)19-22-12(14)4/h5-7H,8H2,1-4H3,(H,17,21)(H,18,20). The highest BCUT2D eigenvalue weighted by Gasteiger charge is 2.18. The lowest BCUT2D eigenvalue weighted by molar-refractivity contribution is -0.115. The molecule has 0 bridgehead atoms. The smallest absolute Gasteiger partial charge is 0.257 e. The maximum absolute atomic E-state index is 12.0. The molecule has 0 aliphatic carbocycles. The molecule has 6 heteroatoms. The molecule has 1 heterocycles. The van der Waals surface area contributed by atoms with E-state index >= 15 is 0 Å². The van der Waals surface area contributed by atoms with Crippen molar-refractivity contribution in [2.75, 3.05) is 11.9 Å². The Morgan fingerprint density at radius 3 is 2.32 bits per heavy atom. The molecule has 0 atom stereocenters. The van der Waals surface area contributed by atoms with Crippen LogP contribution in [0.5, 0.6) is 0 Å². The van der Waals surface area contributed by atoms with Gasteiger partial charge in [-0.15, -0.1) is 0 Å². The lowest BCUT2D eigenvalue weighted by Crippen LogP contribution is -2.33. The molecule has 2 N–H and O–H groups in total. The van der Waals surface area contributed by atoms with Crippen molar-refractivity contribution in [1.82, 2.24) is 10.5 Å². The van der Waals surface area contributed by atoms with E-state index < -0.39 is 0 Å². The Kier molecular flexibility index (Phi) is 4.60. The number of benzene rings is 1. The summed E-state index contributed by atoms with van der Waals surface area (Å²) in [5.74, 6) is -0.212. The third kappa shape index (κ3) is 3.33. The van der Waals surface area contributed by atoms with Crippen LogP contribution in [0.4, 0.5) is 5.69 Å². The van der Waals surface area contributed by atoms with E-state index in [1.54, 1.807) is 13.8 Å². The molecular formula is C16H19N3O3. The molecule has 22 heavy (non-hydrogen) atoms. The van der Waals surface area contributed by atoms with Crippen LogP contribution >= 0.6 is 0 Å². The fourth-order valence-corrected chi connectivity index (χ4v) is 2.25. The van der Waals surface area contributed by atoms with Crippen molar-refractivity contribution in [2.45, 2.75) is 27.7 Å². The average molecular weight is 301 g/mol. The molecule has 2 rings (SSSR count). The number of hydrogen-bond acceptors (Lipinski definition) is 4. The summed E-state index contributed by atoms with van der Waals surface area (Å²) >= 11 is 0. The van der Waals surface area contributed by atoms with Crippen molar-refractivity contribution >= 4 is 17.5 Å². The molecule has 0 saturated carbocycles. The van der Waals surface area contributed by atoms with Crippen molar-refractivity contribution in [2.24, 2.45) is 0 Å². The number of hydrogen-bond donors (Lipinski definition) is 2. The maximum Gasteiger partial charge on any atom is 0.257 e. The third-order valence-corrected chi connectivity index (χ3v) is 3.42. The van der Waals surface area contributed by atoms with Crippen LogP contribution in [0.15, 0.2) is 22.7 Å². The largest absolute Gasteiger partial charge is 0.361 e. The molecule has 0 saturated heterocycles. The second kappa shape index (κ2) is 6.43. The molecular weight excluding hydrogens is 282 g/mol. The molecule has 0 spiro atoms. The van der Waals surface area contributed by atoms with Crippen LogP contribution in [-0.2, 0) is 4.79 Å². The Morgan fingerprint density at radius 2 is 1.77 bits per heavy atom. The Bertz CT molecular complexity index is 680. The highest BCUT2D eigenvalue weighted by Crippen LogP contribution is 2.19. The van der Waals surface area contributed by atoms with Crippen LogP contribution in [0.25, 0.3) is 0 Å². The lowest BCUT2D eigenvalue weighted by Gasteiger charge is -2.11. The van der Waals surface area contributed by atoms with Crippen LogP contribution in [0, 0.1) is 27.7 Å². The number of amides is 2. The maximum atomic E-state index is 12.0. The van der Waals surface area contributed by atoms with E-state index in [-0.39, 0.29) is 18.4 Å². The summed E-state index contributed by atoms with van der Waals surface area (Å²) in [5, 5.41) is 9.11. The van der Waals surface area contributed by atoms with E-state index in [9.17, 15) is 9.59 Å². The van der Waals surface area contributed by atoms with Gasteiger partial charge in [0.15, 0.2) is 0 Å². The van der Waals surface area contributed by atoms with Gasteiger partial charge in [-0.25, -0.2) is 0 Å². The van der Waals surface area contributed by atoms with Crippen LogP contribution in [0.3, 0.4) is 0 Å². The predicted octanol–water partition coefficient (Wildman–Crippen LogP) is 2.28. The van der Waals surface area contributed by atoms with Crippen molar-refractivity contribution in [3.63, 3.8) is 0 Å². The number of carbonyl (C=O) groups is 2. The summed E-state index contributed by atoms with van der Waals surface area (Å²) in [6, 6.07) is 5.77. The Morgan fingerprint density at radius 1 is 1.14 bits per heavy atom. The van der Waals surface area contributed by atoms with E-state index in [0.717, 1.165) is 16.8 Å². The summed E-state index contributed by atoms with van der Waals surface area (Å²) < 4.78 is 4.94. The first-order chi connectivity index (χ1) is 10.4. The van der Waals surface area contributed by atoms with E-state index in [1.807, 2.05) is 32.0 Å². The topological polar surface area (TPSA) is 84.2 Å². The van der Waals surface area contributed by atoms with Crippen LogP contribution in [0.1, 0.15) is 32.9 Å². The molecule has 0 unspecified atom stereocenters. The lowest BCUT2D eigenvalue weighted by atomic mass is 10.1. The minimum Gasteiger partial charge on any atom is -0.361 e. The molecule has 0 aliphatic heterocycles. The minimum absolute atomic E-state index is 0.114. The molecule has 2 amide bonds. The fourth-order valence-electron chi connectivity index (χ4n) is 2.25. The van der Waals surface area contributed by atoms with E-state index in [1.165, 1.54) is 0 Å². The predicted molar refractivity (Wildman–Crippen MR) is 82.9 cm³/mol. The van der Waals surface area contributed by atoms with Crippen molar-refractivity contribution < 1.29 is 14.1 Å². The first kappa shape index (κ1) is 15.8. The quantitative estimate of drug-likeness (QED) is 0.907. The minimum atomic E-state index is -0.368. The number of nitrogens with one attached hydrogen (secondary N) is 2. The summed E-state index contributed by atoms with van der Waals surface area (Å²) in [4.78, 5) is 24.0. The van der Waals surface area contributed by atoms with Crippen molar-refractivity contribution in [1.29, 1.82) is 0 Å². The molecule has 0 radical (unpaired) electrons. The third-order valence-electron chi connectivity index (χ3n) is 3.42. The Labute approximate surface area is 128 Å². The first-order valence-corrected chi connectivity index (χ1v) is 6.97. The molecule has 2 aromatic rings. The molecule has 0 fully saturated rings. The number of rotatable bonds is 4. The molecule has 0 aliphatic rings. The van der Waals surface area contributed by atoms with Gasteiger partial charge in [0.25, 0.3) is 5.91 Å². The summed E-state index contributed by atoms with van der Waals surface area (Å²) in [5.41, 5.74) is 3.61. The van der Waals surface area contributed by atoms with Gasteiger partial charge in [-0.3, -0.25) is 9.59 Å². The SMILES string of the molecule is Cc1cccc(C)c1NC(=O)CNC(=O)c1c(C)noc1C. The highest BCUT2D eigenvalue weighted by molar-refractivity contribution is 6.00. The van der Waals surface area contributed by atoms with Crippen LogP contribution in [-0.4, -0.2) is 23.5 Å². The monoisotopic (exact) mass is 301 g/mol. The zero-order valence-electron chi connectivity index (χ0n) is 13.1. The van der Waals surface area contributed by atoms with E-state index in [4.69, 9.17) is 4.52 Å². The van der Waals surface area contributed by atoms with Gasteiger partial charge in [-0.2, -0.15) is 0 Å². The van der Waals surface area contributed by atoms with Gasteiger partial charge in [0, 0.05) is 5.69 Å². The first-order valence-electron chi connectivity index (χ1n) is 6.97. The van der Waals surface area contributed by atoms with Gasteiger partial charge in [-0.1, -0.05) is 23.4 Å². The fraction of sp³-hybridized carbons (Fsp3) is 0.312. The zero-order valence-corrected chi connectivity index (χ0v) is 13.1. The summed E-state index contributed by atoms with van der Waals surface area (Å²) in [6.07, 6.45) is 0. The average Bonchev–Trinajstić information content (AvgIpc) is 2.80. The molecule has 6 nitrogen and oxygen atoms in total. The summed E-state index contributed by atoms with van der Waals surface area (Å²) in [6.45, 7) is 7.07. The van der Waals surface area contributed by atoms with Crippen LogP contribution in [0.2, 0.25) is 0 Å². The van der Waals surface area contributed by atoms with Crippen molar-refractivity contribution in [3.8, 4) is 0 Å². The van der Waals surface area contributed by atoms with Crippen molar-refractivity contribution in [3.05, 3.63) is 46.3 Å². The Balaban J connectivity index is 1.98. The second-order valence-electron chi connectivity index (χ2n) is 5.20.